The number of benzene rings is 2. The molecule has 0 aromatic heterocycles. The number of piperidine rings is 1. The van der Waals surface area contributed by atoms with Gasteiger partial charge < -0.3 is 5.32 Å². The van der Waals surface area contributed by atoms with E-state index in [9.17, 15) is 23.3 Å². The molecule has 2 aromatic rings. The maximum absolute atomic E-state index is 12.7. The van der Waals surface area contributed by atoms with E-state index in [1.165, 1.54) is 16.4 Å². The Morgan fingerprint density at radius 1 is 1.10 bits per heavy atom. The summed E-state index contributed by atoms with van der Waals surface area (Å²) in [5.41, 5.74) is 1.62. The molecule has 0 atom stereocenters. The quantitative estimate of drug-likeness (QED) is 0.531. The molecule has 1 amide bonds. The van der Waals surface area contributed by atoms with Crippen LogP contribution in [0.3, 0.4) is 0 Å². The number of anilines is 1. The maximum Gasteiger partial charge on any atom is 0.274 e. The fraction of sp³-hybridized carbons (Fsp3) is 0.381. The van der Waals surface area contributed by atoms with E-state index in [0.29, 0.717) is 30.8 Å². The van der Waals surface area contributed by atoms with Crippen LogP contribution in [0.5, 0.6) is 0 Å². The molecule has 1 aliphatic heterocycles. The molecule has 0 unspecified atom stereocenters. The lowest BCUT2D eigenvalue weighted by Gasteiger charge is -2.25. The first-order valence-electron chi connectivity index (χ1n) is 9.92. The van der Waals surface area contributed by atoms with Crippen LogP contribution in [0.15, 0.2) is 47.4 Å². The van der Waals surface area contributed by atoms with Crippen LogP contribution < -0.4 is 5.32 Å². The molecule has 0 aliphatic carbocycles. The van der Waals surface area contributed by atoms with E-state index in [4.69, 9.17) is 0 Å². The molecule has 0 bridgehead atoms. The van der Waals surface area contributed by atoms with Crippen LogP contribution in [0.25, 0.3) is 0 Å². The second kappa shape index (κ2) is 9.36. The van der Waals surface area contributed by atoms with Gasteiger partial charge in [0.25, 0.3) is 5.69 Å². The minimum Gasteiger partial charge on any atom is -0.326 e. The Morgan fingerprint density at radius 2 is 1.77 bits per heavy atom. The number of hydrogen-bond donors (Lipinski definition) is 1. The number of carbonyl (C=O) groups is 1. The SMILES string of the molecule is Cc1c(NC(=O)CCc2ccc(S(=O)(=O)N3CCCCC3)cc2)cccc1[N+](=O)[O-]. The fourth-order valence-electron chi connectivity index (χ4n) is 3.51. The van der Waals surface area contributed by atoms with E-state index >= 15 is 0 Å². The van der Waals surface area contributed by atoms with Gasteiger partial charge in [-0.2, -0.15) is 4.31 Å². The molecule has 1 heterocycles. The summed E-state index contributed by atoms with van der Waals surface area (Å²) in [6.45, 7) is 2.71. The average Bonchev–Trinajstić information content (AvgIpc) is 2.74. The Hall–Kier alpha value is -2.78. The Labute approximate surface area is 176 Å². The van der Waals surface area contributed by atoms with Crippen molar-refractivity contribution in [3.63, 3.8) is 0 Å². The van der Waals surface area contributed by atoms with E-state index in [1.54, 1.807) is 37.3 Å². The monoisotopic (exact) mass is 431 g/mol. The molecule has 1 saturated heterocycles. The van der Waals surface area contributed by atoms with Crippen LogP contribution in [0, 0.1) is 17.0 Å². The number of hydrogen-bond acceptors (Lipinski definition) is 5. The number of nitro benzene ring substituents is 1. The largest absolute Gasteiger partial charge is 0.326 e. The molecule has 2 aromatic carbocycles. The predicted molar refractivity (Wildman–Crippen MR) is 114 cm³/mol. The van der Waals surface area contributed by atoms with Crippen molar-refractivity contribution in [3.8, 4) is 0 Å². The van der Waals surface area contributed by atoms with Crippen molar-refractivity contribution < 1.29 is 18.1 Å². The van der Waals surface area contributed by atoms with E-state index < -0.39 is 14.9 Å². The number of nitrogens with one attached hydrogen (secondary N) is 1. The number of aryl methyl sites for hydroxylation is 1. The summed E-state index contributed by atoms with van der Waals surface area (Å²) >= 11 is 0. The summed E-state index contributed by atoms with van der Waals surface area (Å²) < 4.78 is 26.9. The third kappa shape index (κ3) is 5.03. The molecule has 9 heteroatoms. The third-order valence-electron chi connectivity index (χ3n) is 5.29. The van der Waals surface area contributed by atoms with Gasteiger partial charge in [0.05, 0.1) is 21.1 Å². The van der Waals surface area contributed by atoms with Crippen LogP contribution in [-0.4, -0.2) is 36.6 Å². The predicted octanol–water partition coefficient (Wildman–Crippen LogP) is 3.65. The van der Waals surface area contributed by atoms with Gasteiger partial charge in [-0.1, -0.05) is 24.6 Å². The smallest absolute Gasteiger partial charge is 0.274 e. The normalized spacial score (nSPS) is 15.0. The molecule has 0 spiro atoms. The van der Waals surface area contributed by atoms with Crippen molar-refractivity contribution in [3.05, 3.63) is 63.7 Å². The van der Waals surface area contributed by atoms with Gasteiger partial charge in [0.15, 0.2) is 0 Å². The van der Waals surface area contributed by atoms with Crippen molar-refractivity contribution in [1.29, 1.82) is 0 Å². The molecule has 0 saturated carbocycles. The highest BCUT2D eigenvalue weighted by Crippen LogP contribution is 2.25. The molecule has 0 radical (unpaired) electrons. The van der Waals surface area contributed by atoms with Crippen LogP contribution in [-0.2, 0) is 21.2 Å². The summed E-state index contributed by atoms with van der Waals surface area (Å²) in [6.07, 6.45) is 3.44. The summed E-state index contributed by atoms with van der Waals surface area (Å²) in [7, 11) is -3.47. The van der Waals surface area contributed by atoms with Crippen molar-refractivity contribution >= 4 is 27.3 Å². The summed E-state index contributed by atoms with van der Waals surface area (Å²) in [6, 6.07) is 11.2. The molecule has 1 N–H and O–H groups in total. The van der Waals surface area contributed by atoms with Gasteiger partial charge >= 0.3 is 0 Å². The van der Waals surface area contributed by atoms with Crippen LogP contribution in [0.1, 0.15) is 36.8 Å². The highest BCUT2D eigenvalue weighted by Gasteiger charge is 2.25. The van der Waals surface area contributed by atoms with Crippen molar-refractivity contribution in [1.82, 2.24) is 4.31 Å². The van der Waals surface area contributed by atoms with Crippen molar-refractivity contribution in [2.45, 2.75) is 43.9 Å². The lowest BCUT2D eigenvalue weighted by Crippen LogP contribution is -2.35. The van der Waals surface area contributed by atoms with Crippen LogP contribution >= 0.6 is 0 Å². The molecular formula is C21H25N3O5S. The zero-order chi connectivity index (χ0) is 21.7. The molecule has 1 fully saturated rings. The zero-order valence-corrected chi connectivity index (χ0v) is 17.7. The Bertz CT molecular complexity index is 1030. The first-order valence-corrected chi connectivity index (χ1v) is 11.4. The van der Waals surface area contributed by atoms with Gasteiger partial charge in [0.1, 0.15) is 0 Å². The Kier molecular flexibility index (Phi) is 6.84. The van der Waals surface area contributed by atoms with Crippen LogP contribution in [0.4, 0.5) is 11.4 Å². The van der Waals surface area contributed by atoms with Gasteiger partial charge in [0.2, 0.25) is 15.9 Å². The van der Waals surface area contributed by atoms with Gasteiger partial charge in [-0.15, -0.1) is 0 Å². The molecule has 3 rings (SSSR count). The molecule has 1 aliphatic rings. The number of rotatable bonds is 7. The number of amides is 1. The number of carbonyl (C=O) groups excluding carboxylic acids is 1. The first-order chi connectivity index (χ1) is 14.3. The molecule has 160 valence electrons. The third-order valence-corrected chi connectivity index (χ3v) is 7.21. The Morgan fingerprint density at radius 3 is 2.40 bits per heavy atom. The lowest BCUT2D eigenvalue weighted by atomic mass is 10.1. The molecule has 8 nitrogen and oxygen atoms in total. The summed E-state index contributed by atoms with van der Waals surface area (Å²) in [4.78, 5) is 23.1. The van der Waals surface area contributed by atoms with E-state index in [2.05, 4.69) is 5.32 Å². The summed E-state index contributed by atoms with van der Waals surface area (Å²) in [5, 5.41) is 13.7. The number of sulfonamides is 1. The molecular weight excluding hydrogens is 406 g/mol. The van der Waals surface area contributed by atoms with Crippen molar-refractivity contribution in [2.24, 2.45) is 0 Å². The van der Waals surface area contributed by atoms with Crippen molar-refractivity contribution in [2.75, 3.05) is 18.4 Å². The van der Waals surface area contributed by atoms with E-state index in [-0.39, 0.29) is 22.9 Å². The Balaban J connectivity index is 1.59. The van der Waals surface area contributed by atoms with Crippen LogP contribution in [0.2, 0.25) is 0 Å². The minimum absolute atomic E-state index is 0.0432. The maximum atomic E-state index is 12.7. The standard InChI is InChI=1S/C21H25N3O5S/c1-16-19(6-5-7-20(16)24(26)27)22-21(25)13-10-17-8-11-18(12-9-17)30(28,29)23-14-3-2-4-15-23/h5-9,11-12H,2-4,10,13-15H2,1H3,(H,22,25). The highest BCUT2D eigenvalue weighted by molar-refractivity contribution is 7.89. The lowest BCUT2D eigenvalue weighted by molar-refractivity contribution is -0.385. The van der Waals surface area contributed by atoms with Gasteiger partial charge in [-0.25, -0.2) is 8.42 Å². The number of nitrogens with zero attached hydrogens (tertiary/aromatic N) is 2. The second-order valence-corrected chi connectivity index (χ2v) is 9.30. The first kappa shape index (κ1) is 21.9. The average molecular weight is 432 g/mol. The van der Waals surface area contributed by atoms with Gasteiger partial charge in [-0.3, -0.25) is 14.9 Å². The second-order valence-electron chi connectivity index (χ2n) is 7.36. The zero-order valence-electron chi connectivity index (χ0n) is 16.8. The van der Waals surface area contributed by atoms with Gasteiger partial charge in [-0.05, 0) is 49.9 Å². The van der Waals surface area contributed by atoms with Gasteiger partial charge in [0, 0.05) is 25.6 Å². The summed E-state index contributed by atoms with van der Waals surface area (Å²) in [5.74, 6) is -0.261. The van der Waals surface area contributed by atoms with E-state index in [1.807, 2.05) is 0 Å². The highest BCUT2D eigenvalue weighted by atomic mass is 32.2. The number of nitro groups is 1. The fourth-order valence-corrected chi connectivity index (χ4v) is 5.03. The molecule has 30 heavy (non-hydrogen) atoms. The van der Waals surface area contributed by atoms with E-state index in [0.717, 1.165) is 24.8 Å². The topological polar surface area (TPSA) is 110 Å². The minimum atomic E-state index is -3.47.